The average Bonchev–Trinajstić information content (AvgIpc) is 2.34. The summed E-state index contributed by atoms with van der Waals surface area (Å²) in [6, 6.07) is 3.32. The van der Waals surface area contributed by atoms with Gasteiger partial charge in [-0.3, -0.25) is 4.90 Å². The van der Waals surface area contributed by atoms with Crippen LogP contribution in [0.5, 0.6) is 5.75 Å². The topological polar surface area (TPSA) is 35.5 Å². The third-order valence-electron chi connectivity index (χ3n) is 3.08. The van der Waals surface area contributed by atoms with Gasteiger partial charge in [-0.25, -0.2) is 8.78 Å². The molecule has 0 aliphatic carbocycles. The lowest BCUT2D eigenvalue weighted by molar-refractivity contribution is 0.144. The number of phenolic OH excluding ortho intramolecular Hbond substituents is 1. The summed E-state index contributed by atoms with van der Waals surface area (Å²) < 4.78 is 26.8. The number of alkyl halides is 1. The van der Waals surface area contributed by atoms with Crippen molar-refractivity contribution in [3.8, 4) is 5.75 Å². The van der Waals surface area contributed by atoms with E-state index in [0.29, 0.717) is 18.7 Å². The summed E-state index contributed by atoms with van der Waals surface area (Å²) in [7, 11) is 0. The van der Waals surface area contributed by atoms with Gasteiger partial charge in [0.2, 0.25) is 0 Å². The van der Waals surface area contributed by atoms with E-state index in [1.165, 1.54) is 12.1 Å². The normalized spacial score (nSPS) is 18.1. The number of rotatable bonds is 3. The second kappa shape index (κ2) is 6.87. The molecule has 0 aromatic heterocycles. The molecule has 3 nitrogen and oxygen atoms in total. The Morgan fingerprint density at radius 2 is 2.00 bits per heavy atom. The third kappa shape index (κ3) is 3.31. The van der Waals surface area contributed by atoms with E-state index >= 15 is 0 Å². The van der Waals surface area contributed by atoms with Gasteiger partial charge < -0.3 is 10.4 Å². The zero-order valence-electron chi connectivity index (χ0n) is 9.90. The van der Waals surface area contributed by atoms with Crippen molar-refractivity contribution in [2.75, 3.05) is 32.9 Å². The van der Waals surface area contributed by atoms with E-state index in [2.05, 4.69) is 5.32 Å². The van der Waals surface area contributed by atoms with Crippen LogP contribution in [-0.2, 0) is 0 Å². The van der Waals surface area contributed by atoms with Crippen molar-refractivity contribution in [1.29, 1.82) is 0 Å². The summed E-state index contributed by atoms with van der Waals surface area (Å²) in [5, 5.41) is 12.3. The molecule has 102 valence electrons. The first-order valence-corrected chi connectivity index (χ1v) is 5.71. The van der Waals surface area contributed by atoms with E-state index in [1.54, 1.807) is 0 Å². The minimum atomic E-state index is -0.623. The van der Waals surface area contributed by atoms with Gasteiger partial charge in [-0.05, 0) is 6.07 Å². The molecule has 1 fully saturated rings. The lowest BCUT2D eigenvalue weighted by Gasteiger charge is -2.33. The Hall–Kier alpha value is -0.910. The molecule has 6 heteroatoms. The minimum Gasteiger partial charge on any atom is -0.508 e. The molecule has 0 amide bonds. The van der Waals surface area contributed by atoms with E-state index in [-0.39, 0.29) is 18.2 Å². The van der Waals surface area contributed by atoms with Crippen LogP contribution >= 0.6 is 12.4 Å². The fourth-order valence-electron chi connectivity index (χ4n) is 2.16. The van der Waals surface area contributed by atoms with Gasteiger partial charge in [-0.15, -0.1) is 12.4 Å². The molecular weight excluding hydrogens is 262 g/mol. The number of aromatic hydroxyl groups is 1. The number of benzene rings is 1. The second-order valence-electron chi connectivity index (χ2n) is 4.16. The van der Waals surface area contributed by atoms with Gasteiger partial charge in [0.1, 0.15) is 18.2 Å². The van der Waals surface area contributed by atoms with Crippen LogP contribution in [0.25, 0.3) is 0 Å². The van der Waals surface area contributed by atoms with Gasteiger partial charge in [0, 0.05) is 37.8 Å². The summed E-state index contributed by atoms with van der Waals surface area (Å²) in [6.07, 6.45) is 0. The van der Waals surface area contributed by atoms with E-state index in [9.17, 15) is 8.78 Å². The van der Waals surface area contributed by atoms with Gasteiger partial charge in [-0.1, -0.05) is 6.07 Å². The average molecular weight is 279 g/mol. The standard InChI is InChI=1S/C12H16F2N2O.ClH/c13-8-12(16-5-3-15-4-6-16)10-2-1-9(17)7-11(10)14;/h1-2,7,12,15,17H,3-6,8H2;1H/t12-;/m0./s1. The number of hydrogen-bond acceptors (Lipinski definition) is 3. The van der Waals surface area contributed by atoms with Crippen molar-refractivity contribution >= 4 is 12.4 Å². The predicted octanol–water partition coefficient (Wildman–Crippen LogP) is 1.87. The number of nitrogens with zero attached hydrogens (tertiary/aromatic N) is 1. The lowest BCUT2D eigenvalue weighted by atomic mass is 10.0. The number of hydrogen-bond donors (Lipinski definition) is 2. The quantitative estimate of drug-likeness (QED) is 0.886. The van der Waals surface area contributed by atoms with Crippen LogP contribution in [0.15, 0.2) is 18.2 Å². The molecule has 2 N–H and O–H groups in total. The summed E-state index contributed by atoms with van der Waals surface area (Å²) in [5.41, 5.74) is 0.312. The highest BCUT2D eigenvalue weighted by molar-refractivity contribution is 5.85. The Labute approximate surface area is 111 Å². The van der Waals surface area contributed by atoms with Gasteiger partial charge in [0.25, 0.3) is 0 Å². The van der Waals surface area contributed by atoms with Crippen LogP contribution in [0.1, 0.15) is 11.6 Å². The van der Waals surface area contributed by atoms with Gasteiger partial charge in [-0.2, -0.15) is 0 Å². The molecule has 0 radical (unpaired) electrons. The monoisotopic (exact) mass is 278 g/mol. The van der Waals surface area contributed by atoms with Crippen LogP contribution in [-0.4, -0.2) is 42.9 Å². The zero-order valence-corrected chi connectivity index (χ0v) is 10.7. The zero-order chi connectivity index (χ0) is 12.3. The molecule has 1 atom stereocenters. The molecule has 2 rings (SSSR count). The van der Waals surface area contributed by atoms with Crippen LogP contribution in [0.2, 0.25) is 0 Å². The molecule has 1 aromatic carbocycles. The van der Waals surface area contributed by atoms with E-state index in [1.807, 2.05) is 4.90 Å². The molecule has 0 spiro atoms. The first kappa shape index (κ1) is 15.1. The molecule has 0 unspecified atom stereocenters. The van der Waals surface area contributed by atoms with Crippen LogP contribution in [0.3, 0.4) is 0 Å². The fourth-order valence-corrected chi connectivity index (χ4v) is 2.16. The van der Waals surface area contributed by atoms with Crippen molar-refractivity contribution in [3.63, 3.8) is 0 Å². The van der Waals surface area contributed by atoms with Crippen molar-refractivity contribution in [3.05, 3.63) is 29.6 Å². The number of piperazine rings is 1. The van der Waals surface area contributed by atoms with Gasteiger partial charge in [0.15, 0.2) is 0 Å². The van der Waals surface area contributed by atoms with E-state index < -0.39 is 18.5 Å². The largest absolute Gasteiger partial charge is 0.508 e. The molecule has 1 aliphatic rings. The molecule has 18 heavy (non-hydrogen) atoms. The SMILES string of the molecule is Cl.Oc1ccc([C@H](CF)N2CCNCC2)c(F)c1. The number of halogens is 3. The predicted molar refractivity (Wildman–Crippen MR) is 68.5 cm³/mol. The highest BCUT2D eigenvalue weighted by Gasteiger charge is 2.24. The Balaban J connectivity index is 0.00000162. The maximum absolute atomic E-state index is 13.7. The van der Waals surface area contributed by atoms with Gasteiger partial charge >= 0.3 is 0 Å². The first-order chi connectivity index (χ1) is 8.22. The maximum atomic E-state index is 13.7. The van der Waals surface area contributed by atoms with E-state index in [4.69, 9.17) is 5.11 Å². The molecule has 1 aromatic rings. The number of phenols is 1. The second-order valence-corrected chi connectivity index (χ2v) is 4.16. The van der Waals surface area contributed by atoms with Crippen LogP contribution in [0, 0.1) is 5.82 Å². The molecule has 1 heterocycles. The fraction of sp³-hybridized carbons (Fsp3) is 0.500. The summed E-state index contributed by atoms with van der Waals surface area (Å²) >= 11 is 0. The Kier molecular flexibility index (Phi) is 5.78. The minimum absolute atomic E-state index is 0. The number of nitrogens with one attached hydrogen (secondary N) is 1. The van der Waals surface area contributed by atoms with Crippen molar-refractivity contribution < 1.29 is 13.9 Å². The maximum Gasteiger partial charge on any atom is 0.131 e. The highest BCUT2D eigenvalue weighted by atomic mass is 35.5. The highest BCUT2D eigenvalue weighted by Crippen LogP contribution is 2.26. The first-order valence-electron chi connectivity index (χ1n) is 5.71. The summed E-state index contributed by atoms with van der Waals surface area (Å²) in [6.45, 7) is 2.36. The van der Waals surface area contributed by atoms with E-state index in [0.717, 1.165) is 19.2 Å². The summed E-state index contributed by atoms with van der Waals surface area (Å²) in [4.78, 5) is 1.92. The lowest BCUT2D eigenvalue weighted by Crippen LogP contribution is -2.45. The summed E-state index contributed by atoms with van der Waals surface area (Å²) in [5.74, 6) is -0.685. The Bertz CT molecular complexity index is 386. The van der Waals surface area contributed by atoms with Crippen molar-refractivity contribution in [2.24, 2.45) is 0 Å². The molecule has 0 bridgehead atoms. The van der Waals surface area contributed by atoms with Crippen LogP contribution in [0.4, 0.5) is 8.78 Å². The van der Waals surface area contributed by atoms with Crippen molar-refractivity contribution in [2.45, 2.75) is 6.04 Å². The van der Waals surface area contributed by atoms with Crippen molar-refractivity contribution in [1.82, 2.24) is 10.2 Å². The Morgan fingerprint density at radius 1 is 1.33 bits per heavy atom. The van der Waals surface area contributed by atoms with Crippen LogP contribution < -0.4 is 5.32 Å². The van der Waals surface area contributed by atoms with Gasteiger partial charge in [0.05, 0.1) is 6.04 Å². The smallest absolute Gasteiger partial charge is 0.131 e. The molecule has 0 saturated carbocycles. The molecular formula is C12H17ClF2N2O. The molecule has 1 saturated heterocycles. The third-order valence-corrected chi connectivity index (χ3v) is 3.08. The Morgan fingerprint density at radius 3 is 2.56 bits per heavy atom. The molecule has 1 aliphatic heterocycles.